The van der Waals surface area contributed by atoms with Gasteiger partial charge in [0.25, 0.3) is 0 Å². The summed E-state index contributed by atoms with van der Waals surface area (Å²) >= 11 is 5.45. The van der Waals surface area contributed by atoms with Crippen molar-refractivity contribution in [3.05, 3.63) is 71.2 Å². The first-order valence-electron chi connectivity index (χ1n) is 6.04. The molecule has 0 atom stereocenters. The number of Topliss-reactive ketones (excluding diaryl/α,β-unsaturated/α-hetero) is 1. The Hall–Kier alpha value is -2.20. The minimum absolute atomic E-state index is 0.135. The number of carbonyl (C=O) groups excluding carboxylic acids is 1. The fourth-order valence-electron chi connectivity index (χ4n) is 2.11. The average molecular weight is 286 g/mol. The fourth-order valence-corrected chi connectivity index (χ4v) is 2.47. The Morgan fingerprint density at radius 3 is 2.60 bits per heavy atom. The monoisotopic (exact) mass is 286 g/mol. The number of carbonyl (C=O) groups is 1. The van der Waals surface area contributed by atoms with Crippen molar-refractivity contribution in [3.63, 3.8) is 0 Å². The van der Waals surface area contributed by atoms with E-state index in [0.29, 0.717) is 21.6 Å². The minimum Gasteiger partial charge on any atom is -0.515 e. The van der Waals surface area contributed by atoms with E-state index in [-0.39, 0.29) is 18.0 Å². The van der Waals surface area contributed by atoms with Gasteiger partial charge in [-0.2, -0.15) is 0 Å². The molecule has 1 aliphatic carbocycles. The van der Waals surface area contributed by atoms with E-state index in [0.717, 1.165) is 11.8 Å². The van der Waals surface area contributed by atoms with E-state index in [1.165, 1.54) is 7.11 Å². The van der Waals surface area contributed by atoms with Crippen molar-refractivity contribution < 1.29 is 14.6 Å². The summed E-state index contributed by atoms with van der Waals surface area (Å²) in [5.74, 6) is -0.137. The largest absolute Gasteiger partial charge is 0.515 e. The first-order valence-corrected chi connectivity index (χ1v) is 6.45. The summed E-state index contributed by atoms with van der Waals surface area (Å²) in [6, 6.07) is 9.31. The van der Waals surface area contributed by atoms with Crippen LogP contribution in [0.4, 0.5) is 0 Å². The van der Waals surface area contributed by atoms with E-state index in [4.69, 9.17) is 17.0 Å². The van der Waals surface area contributed by atoms with Crippen LogP contribution in [0.25, 0.3) is 0 Å². The van der Waals surface area contributed by atoms with Gasteiger partial charge in [-0.25, -0.2) is 0 Å². The van der Waals surface area contributed by atoms with Gasteiger partial charge in [-0.15, -0.1) is 0 Å². The number of ether oxygens (including phenoxy) is 1. The highest BCUT2D eigenvalue weighted by atomic mass is 32.1. The number of ketones is 1. The molecule has 4 heteroatoms. The molecule has 1 N–H and O–H groups in total. The SMILES string of the molecule is C=C1CC(=CO)C(C(=S)c2ccccc2)=C(OC)C1=O. The smallest absolute Gasteiger partial charge is 0.223 e. The quantitative estimate of drug-likeness (QED) is 0.401. The van der Waals surface area contributed by atoms with Crippen LogP contribution in [-0.4, -0.2) is 22.9 Å². The summed E-state index contributed by atoms with van der Waals surface area (Å²) in [4.78, 5) is 12.6. The van der Waals surface area contributed by atoms with Crippen LogP contribution in [0.5, 0.6) is 0 Å². The van der Waals surface area contributed by atoms with Crippen molar-refractivity contribution in [2.75, 3.05) is 7.11 Å². The molecule has 102 valence electrons. The number of rotatable bonds is 3. The molecule has 0 saturated carbocycles. The molecule has 0 unspecified atom stereocenters. The minimum atomic E-state index is -0.272. The number of hydrogen-bond donors (Lipinski definition) is 1. The summed E-state index contributed by atoms with van der Waals surface area (Å²) in [5, 5.41) is 9.41. The Balaban J connectivity index is 2.60. The number of thiocarbonyl (C=S) groups is 1. The van der Waals surface area contributed by atoms with Gasteiger partial charge in [0.1, 0.15) is 0 Å². The van der Waals surface area contributed by atoms with Crippen LogP contribution in [0.1, 0.15) is 12.0 Å². The van der Waals surface area contributed by atoms with Gasteiger partial charge in [-0.1, -0.05) is 49.1 Å². The predicted molar refractivity (Wildman–Crippen MR) is 81.7 cm³/mol. The lowest BCUT2D eigenvalue weighted by Gasteiger charge is -2.22. The third kappa shape index (κ3) is 2.42. The molecule has 20 heavy (non-hydrogen) atoms. The van der Waals surface area contributed by atoms with Crippen LogP contribution in [-0.2, 0) is 9.53 Å². The van der Waals surface area contributed by atoms with E-state index in [1.54, 1.807) is 0 Å². The van der Waals surface area contributed by atoms with Crippen LogP contribution in [0.3, 0.4) is 0 Å². The van der Waals surface area contributed by atoms with Gasteiger partial charge in [0.2, 0.25) is 5.78 Å². The lowest BCUT2D eigenvalue weighted by molar-refractivity contribution is -0.115. The maximum Gasteiger partial charge on any atom is 0.223 e. The Kier molecular flexibility index (Phi) is 4.15. The molecule has 1 aromatic rings. The highest BCUT2D eigenvalue weighted by Crippen LogP contribution is 2.33. The fraction of sp³-hybridized carbons (Fsp3) is 0.125. The van der Waals surface area contributed by atoms with Crippen molar-refractivity contribution in [1.29, 1.82) is 0 Å². The average Bonchev–Trinajstić information content (AvgIpc) is 2.49. The summed E-state index contributed by atoms with van der Waals surface area (Å²) in [5.41, 5.74) is 2.18. The van der Waals surface area contributed by atoms with Crippen LogP contribution in [0, 0.1) is 0 Å². The molecule has 0 amide bonds. The van der Waals surface area contributed by atoms with Crippen LogP contribution in [0.15, 0.2) is 65.7 Å². The number of hydrogen-bond acceptors (Lipinski definition) is 4. The maximum atomic E-state index is 12.1. The lowest BCUT2D eigenvalue weighted by atomic mass is 9.85. The summed E-state index contributed by atoms with van der Waals surface area (Å²) in [7, 11) is 1.41. The Labute approximate surface area is 122 Å². The van der Waals surface area contributed by atoms with Crippen molar-refractivity contribution >= 4 is 22.9 Å². The van der Waals surface area contributed by atoms with E-state index >= 15 is 0 Å². The van der Waals surface area contributed by atoms with Crippen LogP contribution < -0.4 is 0 Å². The molecule has 0 aliphatic heterocycles. The lowest BCUT2D eigenvalue weighted by Crippen LogP contribution is -2.21. The van der Waals surface area contributed by atoms with Crippen molar-refractivity contribution in [1.82, 2.24) is 0 Å². The summed E-state index contributed by atoms with van der Waals surface area (Å²) < 4.78 is 5.19. The highest BCUT2D eigenvalue weighted by Gasteiger charge is 2.30. The molecular weight excluding hydrogens is 272 g/mol. The number of aliphatic hydroxyl groups is 1. The standard InChI is InChI=1S/C16H14O3S/c1-10-8-12(9-17)13(15(19-2)14(10)18)16(20)11-6-4-3-5-7-11/h3-7,9,17H,1,8H2,2H3. The van der Waals surface area contributed by atoms with Crippen molar-refractivity contribution in [3.8, 4) is 0 Å². The number of allylic oxidation sites excluding steroid dienone is 3. The van der Waals surface area contributed by atoms with Gasteiger partial charge in [0, 0.05) is 23.1 Å². The third-order valence-electron chi connectivity index (χ3n) is 3.10. The van der Waals surface area contributed by atoms with Crippen molar-refractivity contribution in [2.24, 2.45) is 0 Å². The van der Waals surface area contributed by atoms with E-state index in [9.17, 15) is 9.90 Å². The second-order valence-corrected chi connectivity index (χ2v) is 4.78. The molecule has 0 fully saturated rings. The van der Waals surface area contributed by atoms with E-state index < -0.39 is 0 Å². The molecule has 1 aliphatic rings. The molecular formula is C16H14O3S. The molecule has 0 aromatic heterocycles. The molecule has 0 heterocycles. The Morgan fingerprint density at radius 1 is 1.40 bits per heavy atom. The predicted octanol–water partition coefficient (Wildman–Crippen LogP) is 3.28. The maximum absolute atomic E-state index is 12.1. The Bertz CT molecular complexity index is 639. The second kappa shape index (κ2) is 5.84. The van der Waals surface area contributed by atoms with Gasteiger partial charge in [-0.05, 0) is 5.56 Å². The van der Waals surface area contributed by atoms with Gasteiger partial charge < -0.3 is 9.84 Å². The van der Waals surface area contributed by atoms with E-state index in [1.807, 2.05) is 30.3 Å². The van der Waals surface area contributed by atoms with Gasteiger partial charge in [0.05, 0.1) is 18.2 Å². The summed E-state index contributed by atoms with van der Waals surface area (Å²) in [6.07, 6.45) is 1.23. The topological polar surface area (TPSA) is 46.5 Å². The summed E-state index contributed by atoms with van der Waals surface area (Å²) in [6.45, 7) is 3.70. The molecule has 0 bridgehead atoms. The van der Waals surface area contributed by atoms with Crippen LogP contribution in [0.2, 0.25) is 0 Å². The molecule has 2 rings (SSSR count). The first-order chi connectivity index (χ1) is 9.60. The third-order valence-corrected chi connectivity index (χ3v) is 3.54. The zero-order valence-electron chi connectivity index (χ0n) is 11.1. The highest BCUT2D eigenvalue weighted by molar-refractivity contribution is 7.81. The first kappa shape index (κ1) is 14.2. The zero-order chi connectivity index (χ0) is 14.7. The molecule has 1 aromatic carbocycles. The number of aliphatic hydroxyl groups excluding tert-OH is 1. The van der Waals surface area contributed by atoms with Gasteiger partial charge >= 0.3 is 0 Å². The number of methoxy groups -OCH3 is 1. The second-order valence-electron chi connectivity index (χ2n) is 4.37. The van der Waals surface area contributed by atoms with Crippen LogP contribution >= 0.6 is 12.2 Å². The van der Waals surface area contributed by atoms with Crippen molar-refractivity contribution in [2.45, 2.75) is 6.42 Å². The Morgan fingerprint density at radius 2 is 2.05 bits per heavy atom. The normalized spacial score (nSPS) is 17.6. The number of benzene rings is 1. The van der Waals surface area contributed by atoms with Gasteiger partial charge in [0.15, 0.2) is 5.76 Å². The van der Waals surface area contributed by atoms with E-state index in [2.05, 4.69) is 6.58 Å². The van der Waals surface area contributed by atoms with Gasteiger partial charge in [-0.3, -0.25) is 4.79 Å². The molecule has 0 radical (unpaired) electrons. The molecule has 0 spiro atoms. The molecule has 0 saturated heterocycles. The zero-order valence-corrected chi connectivity index (χ0v) is 11.9. The molecule has 3 nitrogen and oxygen atoms in total.